The summed E-state index contributed by atoms with van der Waals surface area (Å²) >= 11 is 3.48. The Balaban J connectivity index is 2.24. The van der Waals surface area contributed by atoms with Crippen LogP contribution in [0.3, 0.4) is 0 Å². The first-order chi connectivity index (χ1) is 13.3. The van der Waals surface area contributed by atoms with Gasteiger partial charge in [-0.15, -0.1) is 0 Å². The van der Waals surface area contributed by atoms with Crippen molar-refractivity contribution in [3.05, 3.63) is 69.2 Å². The maximum absolute atomic E-state index is 13.2. The molecule has 5 heteroatoms. The van der Waals surface area contributed by atoms with Crippen LogP contribution in [0.15, 0.2) is 46.9 Å². The van der Waals surface area contributed by atoms with E-state index in [1.165, 1.54) is 0 Å². The van der Waals surface area contributed by atoms with Gasteiger partial charge >= 0.3 is 0 Å². The maximum atomic E-state index is 13.2. The molecule has 2 aromatic carbocycles. The first-order valence-corrected chi connectivity index (χ1v) is 10.5. The van der Waals surface area contributed by atoms with Gasteiger partial charge in [0.25, 0.3) is 0 Å². The molecule has 0 aromatic heterocycles. The van der Waals surface area contributed by atoms with Crippen molar-refractivity contribution in [2.24, 2.45) is 0 Å². The zero-order chi connectivity index (χ0) is 20.7. The van der Waals surface area contributed by atoms with Crippen molar-refractivity contribution in [2.75, 3.05) is 6.54 Å². The van der Waals surface area contributed by atoms with Gasteiger partial charge in [0.2, 0.25) is 11.8 Å². The van der Waals surface area contributed by atoms with Crippen molar-refractivity contribution in [1.29, 1.82) is 0 Å². The van der Waals surface area contributed by atoms with E-state index in [0.717, 1.165) is 33.1 Å². The number of aryl methyl sites for hydroxylation is 2. The summed E-state index contributed by atoms with van der Waals surface area (Å²) < 4.78 is 0.954. The molecule has 1 atom stereocenters. The Hall–Kier alpha value is -2.14. The zero-order valence-electron chi connectivity index (χ0n) is 17.1. The molecule has 0 fully saturated rings. The van der Waals surface area contributed by atoms with Crippen LogP contribution in [0, 0.1) is 13.8 Å². The lowest BCUT2D eigenvalue weighted by Crippen LogP contribution is -2.48. The van der Waals surface area contributed by atoms with Crippen LogP contribution in [-0.4, -0.2) is 29.3 Å². The second-order valence-electron chi connectivity index (χ2n) is 7.29. The molecular weight excluding hydrogens is 416 g/mol. The summed E-state index contributed by atoms with van der Waals surface area (Å²) in [4.78, 5) is 27.4. The summed E-state index contributed by atoms with van der Waals surface area (Å²) in [5.41, 5.74) is 4.23. The van der Waals surface area contributed by atoms with Gasteiger partial charge in [-0.25, -0.2) is 0 Å². The number of amides is 2. The van der Waals surface area contributed by atoms with E-state index < -0.39 is 6.04 Å². The van der Waals surface area contributed by atoms with Gasteiger partial charge in [-0.3, -0.25) is 9.59 Å². The molecule has 0 radical (unpaired) electrons. The van der Waals surface area contributed by atoms with Gasteiger partial charge in [0.15, 0.2) is 0 Å². The smallest absolute Gasteiger partial charge is 0.242 e. The fraction of sp³-hybridized carbons (Fsp3) is 0.391. The minimum Gasteiger partial charge on any atom is -0.354 e. The molecule has 0 aliphatic heterocycles. The number of nitrogens with one attached hydrogen (secondary N) is 1. The van der Waals surface area contributed by atoms with Gasteiger partial charge in [-0.2, -0.15) is 0 Å². The summed E-state index contributed by atoms with van der Waals surface area (Å²) in [6, 6.07) is 13.5. The van der Waals surface area contributed by atoms with E-state index in [2.05, 4.69) is 27.3 Å². The van der Waals surface area contributed by atoms with Crippen LogP contribution in [0.2, 0.25) is 0 Å². The van der Waals surface area contributed by atoms with Crippen LogP contribution in [0.25, 0.3) is 0 Å². The highest BCUT2D eigenvalue weighted by atomic mass is 79.9. The predicted molar refractivity (Wildman–Crippen MR) is 117 cm³/mol. The molecule has 28 heavy (non-hydrogen) atoms. The summed E-state index contributed by atoms with van der Waals surface area (Å²) in [7, 11) is 0. The number of halogens is 1. The molecule has 1 unspecified atom stereocenters. The van der Waals surface area contributed by atoms with Crippen molar-refractivity contribution in [3.63, 3.8) is 0 Å². The lowest BCUT2D eigenvalue weighted by atomic mass is 10.0. The van der Waals surface area contributed by atoms with Gasteiger partial charge in [-0.1, -0.05) is 64.3 Å². The third kappa shape index (κ3) is 6.48. The topological polar surface area (TPSA) is 49.4 Å². The van der Waals surface area contributed by atoms with E-state index in [1.54, 1.807) is 11.8 Å². The Morgan fingerprint density at radius 1 is 1.07 bits per heavy atom. The van der Waals surface area contributed by atoms with E-state index in [-0.39, 0.29) is 18.2 Å². The zero-order valence-corrected chi connectivity index (χ0v) is 18.7. The van der Waals surface area contributed by atoms with Crippen LogP contribution in [0.4, 0.5) is 0 Å². The Morgan fingerprint density at radius 3 is 2.36 bits per heavy atom. The number of nitrogens with zero attached hydrogens (tertiary/aromatic N) is 1. The fourth-order valence-corrected chi connectivity index (χ4v) is 3.70. The highest BCUT2D eigenvalue weighted by molar-refractivity contribution is 9.10. The van der Waals surface area contributed by atoms with Crippen LogP contribution in [0.1, 0.15) is 42.5 Å². The molecule has 2 aromatic rings. The number of hydrogen-bond acceptors (Lipinski definition) is 2. The van der Waals surface area contributed by atoms with E-state index in [4.69, 9.17) is 0 Å². The summed E-state index contributed by atoms with van der Waals surface area (Å²) in [6.45, 7) is 8.86. The Labute approximate surface area is 176 Å². The number of hydrogen-bond donors (Lipinski definition) is 1. The average molecular weight is 445 g/mol. The van der Waals surface area contributed by atoms with Gasteiger partial charge in [0, 0.05) is 17.6 Å². The van der Waals surface area contributed by atoms with Crippen molar-refractivity contribution in [1.82, 2.24) is 10.2 Å². The van der Waals surface area contributed by atoms with Gasteiger partial charge < -0.3 is 10.2 Å². The molecule has 1 N–H and O–H groups in total. The highest BCUT2D eigenvalue weighted by Gasteiger charge is 2.26. The third-order valence-electron chi connectivity index (χ3n) is 4.60. The normalized spacial score (nSPS) is 11.8. The fourth-order valence-electron chi connectivity index (χ4n) is 3.26. The van der Waals surface area contributed by atoms with Crippen molar-refractivity contribution >= 4 is 27.7 Å². The van der Waals surface area contributed by atoms with E-state index in [9.17, 15) is 9.59 Å². The molecule has 150 valence electrons. The largest absolute Gasteiger partial charge is 0.354 e. The molecule has 2 rings (SSSR count). The monoisotopic (exact) mass is 444 g/mol. The molecule has 0 bridgehead atoms. The molecule has 0 aliphatic rings. The molecule has 0 saturated heterocycles. The molecule has 0 heterocycles. The highest BCUT2D eigenvalue weighted by Crippen LogP contribution is 2.17. The lowest BCUT2D eigenvalue weighted by Gasteiger charge is -2.29. The second kappa shape index (κ2) is 10.4. The summed E-state index contributed by atoms with van der Waals surface area (Å²) in [5.74, 6) is -0.172. The van der Waals surface area contributed by atoms with Crippen LogP contribution < -0.4 is 5.32 Å². The Kier molecular flexibility index (Phi) is 8.24. The number of rotatable bonds is 8. The van der Waals surface area contributed by atoms with E-state index in [0.29, 0.717) is 13.1 Å². The van der Waals surface area contributed by atoms with Crippen LogP contribution >= 0.6 is 15.9 Å². The number of benzene rings is 2. The van der Waals surface area contributed by atoms with Crippen LogP contribution in [-0.2, 0) is 22.6 Å². The van der Waals surface area contributed by atoms with E-state index >= 15 is 0 Å². The Bertz CT molecular complexity index is 815. The number of carbonyl (C=O) groups excluding carboxylic acids is 2. The molecule has 0 saturated carbocycles. The van der Waals surface area contributed by atoms with Gasteiger partial charge in [0.05, 0.1) is 6.42 Å². The van der Waals surface area contributed by atoms with Crippen molar-refractivity contribution in [2.45, 2.75) is 53.1 Å². The summed E-state index contributed by atoms with van der Waals surface area (Å²) in [5, 5.41) is 2.90. The first kappa shape index (κ1) is 22.2. The molecule has 0 spiro atoms. The third-order valence-corrected chi connectivity index (χ3v) is 5.09. The summed E-state index contributed by atoms with van der Waals surface area (Å²) in [6.07, 6.45) is 1.14. The Morgan fingerprint density at radius 2 is 1.75 bits per heavy atom. The predicted octanol–water partition coefficient (Wildman–Crippen LogP) is 4.55. The quantitative estimate of drug-likeness (QED) is 0.648. The average Bonchev–Trinajstić information content (AvgIpc) is 2.62. The second-order valence-corrected chi connectivity index (χ2v) is 8.21. The first-order valence-electron chi connectivity index (χ1n) is 9.69. The van der Waals surface area contributed by atoms with Gasteiger partial charge in [0.1, 0.15) is 6.04 Å². The molecule has 4 nitrogen and oxygen atoms in total. The molecule has 0 aliphatic carbocycles. The van der Waals surface area contributed by atoms with Crippen molar-refractivity contribution < 1.29 is 9.59 Å². The minimum absolute atomic E-state index is 0.0517. The minimum atomic E-state index is -0.538. The molecule has 2 amide bonds. The number of carbonyl (C=O) groups is 2. The lowest BCUT2D eigenvalue weighted by molar-refractivity contribution is -0.140. The van der Waals surface area contributed by atoms with Crippen LogP contribution in [0.5, 0.6) is 0 Å². The molecular formula is C23H29BrN2O2. The SMILES string of the molecule is CCCNC(=O)C(C)N(Cc1cccc(Br)c1)C(=O)Cc1cc(C)cc(C)c1. The van der Waals surface area contributed by atoms with Gasteiger partial charge in [-0.05, 0) is 50.5 Å². The van der Waals surface area contributed by atoms with Crippen molar-refractivity contribution in [3.8, 4) is 0 Å². The van der Waals surface area contributed by atoms with E-state index in [1.807, 2.05) is 57.2 Å². The maximum Gasteiger partial charge on any atom is 0.242 e. The standard InChI is InChI=1S/C23H29BrN2O2/c1-5-9-25-23(28)18(4)26(15-19-7-6-8-21(24)13-19)22(27)14-20-11-16(2)10-17(3)12-20/h6-8,10-13,18H,5,9,14-15H2,1-4H3,(H,25,28).